The molecule has 0 bridgehead atoms. The van der Waals surface area contributed by atoms with E-state index in [1.807, 2.05) is 18.2 Å². The van der Waals surface area contributed by atoms with E-state index in [4.69, 9.17) is 14.2 Å². The van der Waals surface area contributed by atoms with E-state index in [-0.39, 0.29) is 11.6 Å². The quantitative estimate of drug-likeness (QED) is 0.756. The van der Waals surface area contributed by atoms with Gasteiger partial charge in [-0.1, -0.05) is 13.8 Å². The minimum atomic E-state index is -0.118. The molecule has 1 unspecified atom stereocenters. The lowest BCUT2D eigenvalue weighted by atomic mass is 10.0. The van der Waals surface area contributed by atoms with Crippen LogP contribution in [0.15, 0.2) is 18.2 Å². The minimum absolute atomic E-state index is 0.0988. The number of benzene rings is 1. The third kappa shape index (κ3) is 5.21. The Morgan fingerprint density at radius 3 is 2.38 bits per heavy atom. The normalized spacial score (nSPS) is 13.0. The predicted molar refractivity (Wildman–Crippen MR) is 86.3 cm³/mol. The van der Waals surface area contributed by atoms with Crippen LogP contribution < -0.4 is 14.8 Å². The predicted octanol–water partition coefficient (Wildman–Crippen LogP) is 3.56. The van der Waals surface area contributed by atoms with Crippen molar-refractivity contribution in [1.82, 2.24) is 5.32 Å². The second-order valence-electron chi connectivity index (χ2n) is 5.64. The standard InChI is InChI=1S/C17H29NO3/c1-7-17(3,4)21-12-15(18-8-2)14-10-9-13(19-5)11-16(14)20-6/h9-11,15,18H,7-8,12H2,1-6H3. The molecule has 0 saturated heterocycles. The van der Waals surface area contributed by atoms with Crippen LogP contribution in [0.25, 0.3) is 0 Å². The van der Waals surface area contributed by atoms with Gasteiger partial charge in [0.15, 0.2) is 0 Å². The molecule has 4 heteroatoms. The molecule has 0 amide bonds. The maximum absolute atomic E-state index is 6.05. The fourth-order valence-electron chi connectivity index (χ4n) is 2.02. The van der Waals surface area contributed by atoms with Crippen molar-refractivity contribution in [2.75, 3.05) is 27.4 Å². The van der Waals surface area contributed by atoms with Crippen LogP contribution in [0.3, 0.4) is 0 Å². The lowest BCUT2D eigenvalue weighted by Crippen LogP contribution is -2.31. The van der Waals surface area contributed by atoms with Gasteiger partial charge in [0.25, 0.3) is 0 Å². The van der Waals surface area contributed by atoms with Crippen LogP contribution in [0.4, 0.5) is 0 Å². The zero-order valence-corrected chi connectivity index (χ0v) is 14.2. The van der Waals surface area contributed by atoms with Gasteiger partial charge in [0.1, 0.15) is 11.5 Å². The van der Waals surface area contributed by atoms with Crippen molar-refractivity contribution in [2.24, 2.45) is 0 Å². The lowest BCUT2D eigenvalue weighted by molar-refractivity contribution is -0.0308. The van der Waals surface area contributed by atoms with Crippen molar-refractivity contribution in [3.05, 3.63) is 23.8 Å². The molecule has 0 aliphatic heterocycles. The van der Waals surface area contributed by atoms with Gasteiger partial charge >= 0.3 is 0 Å². The Labute approximate surface area is 128 Å². The van der Waals surface area contributed by atoms with Gasteiger partial charge < -0.3 is 19.5 Å². The molecule has 1 N–H and O–H groups in total. The van der Waals surface area contributed by atoms with Crippen molar-refractivity contribution in [2.45, 2.75) is 45.8 Å². The van der Waals surface area contributed by atoms with Crippen LogP contribution >= 0.6 is 0 Å². The largest absolute Gasteiger partial charge is 0.497 e. The van der Waals surface area contributed by atoms with E-state index in [2.05, 4.69) is 33.0 Å². The monoisotopic (exact) mass is 295 g/mol. The van der Waals surface area contributed by atoms with E-state index < -0.39 is 0 Å². The molecule has 120 valence electrons. The highest BCUT2D eigenvalue weighted by molar-refractivity contribution is 5.42. The molecule has 0 spiro atoms. The summed E-state index contributed by atoms with van der Waals surface area (Å²) in [6.07, 6.45) is 0.978. The van der Waals surface area contributed by atoms with Crippen LogP contribution in [0.5, 0.6) is 11.5 Å². The highest BCUT2D eigenvalue weighted by Gasteiger charge is 2.21. The van der Waals surface area contributed by atoms with Crippen LogP contribution in [0.1, 0.15) is 45.7 Å². The third-order valence-electron chi connectivity index (χ3n) is 3.76. The molecular formula is C17H29NO3. The lowest BCUT2D eigenvalue weighted by Gasteiger charge is -2.28. The molecule has 0 aromatic heterocycles. The summed E-state index contributed by atoms with van der Waals surface area (Å²) in [5.41, 5.74) is 0.972. The van der Waals surface area contributed by atoms with Gasteiger partial charge in [0, 0.05) is 11.6 Å². The van der Waals surface area contributed by atoms with Gasteiger partial charge in [0.2, 0.25) is 0 Å². The van der Waals surface area contributed by atoms with Crippen LogP contribution in [-0.4, -0.2) is 33.0 Å². The van der Waals surface area contributed by atoms with Gasteiger partial charge in [-0.05, 0) is 38.9 Å². The first-order valence-corrected chi connectivity index (χ1v) is 7.56. The highest BCUT2D eigenvalue weighted by Crippen LogP contribution is 2.30. The number of likely N-dealkylation sites (N-methyl/N-ethyl adjacent to an activating group) is 1. The molecule has 1 aromatic rings. The van der Waals surface area contributed by atoms with Gasteiger partial charge in [-0.15, -0.1) is 0 Å². The molecule has 1 atom stereocenters. The van der Waals surface area contributed by atoms with Crippen molar-refractivity contribution < 1.29 is 14.2 Å². The topological polar surface area (TPSA) is 39.7 Å². The minimum Gasteiger partial charge on any atom is -0.497 e. The van der Waals surface area contributed by atoms with E-state index in [0.717, 1.165) is 30.0 Å². The average molecular weight is 295 g/mol. The SMILES string of the molecule is CCNC(COC(C)(C)CC)c1ccc(OC)cc1OC. The highest BCUT2D eigenvalue weighted by atomic mass is 16.5. The van der Waals surface area contributed by atoms with E-state index >= 15 is 0 Å². The molecule has 0 heterocycles. The maximum Gasteiger partial charge on any atom is 0.127 e. The second kappa shape index (κ2) is 8.25. The summed E-state index contributed by atoms with van der Waals surface area (Å²) in [6.45, 7) is 9.93. The summed E-state index contributed by atoms with van der Waals surface area (Å²) in [6, 6.07) is 5.99. The molecule has 21 heavy (non-hydrogen) atoms. The zero-order valence-electron chi connectivity index (χ0n) is 14.2. The molecule has 4 nitrogen and oxygen atoms in total. The first kappa shape index (κ1) is 17.8. The molecule has 0 saturated carbocycles. The fourth-order valence-corrected chi connectivity index (χ4v) is 2.02. The van der Waals surface area contributed by atoms with Gasteiger partial charge in [0.05, 0.1) is 32.5 Å². The summed E-state index contributed by atoms with van der Waals surface area (Å²) in [5, 5.41) is 3.46. The van der Waals surface area contributed by atoms with Crippen molar-refractivity contribution in [3.63, 3.8) is 0 Å². The number of rotatable bonds is 9. The summed E-state index contributed by atoms with van der Waals surface area (Å²) in [5.74, 6) is 1.61. The Kier molecular flexibility index (Phi) is 6.99. The van der Waals surface area contributed by atoms with Crippen LogP contribution in [0, 0.1) is 0 Å². The van der Waals surface area contributed by atoms with E-state index in [0.29, 0.717) is 6.61 Å². The first-order chi connectivity index (χ1) is 9.97. The average Bonchev–Trinajstić information content (AvgIpc) is 2.50. The smallest absolute Gasteiger partial charge is 0.127 e. The summed E-state index contributed by atoms with van der Waals surface area (Å²) >= 11 is 0. The van der Waals surface area contributed by atoms with E-state index in [1.54, 1.807) is 14.2 Å². The van der Waals surface area contributed by atoms with Crippen molar-refractivity contribution in [1.29, 1.82) is 0 Å². The number of hydrogen-bond acceptors (Lipinski definition) is 4. The van der Waals surface area contributed by atoms with Gasteiger partial charge in [-0.3, -0.25) is 0 Å². The summed E-state index contributed by atoms with van der Waals surface area (Å²) in [7, 11) is 3.33. The molecular weight excluding hydrogens is 266 g/mol. The van der Waals surface area contributed by atoms with Crippen LogP contribution in [0.2, 0.25) is 0 Å². The molecule has 1 rings (SSSR count). The molecule has 0 radical (unpaired) electrons. The van der Waals surface area contributed by atoms with Crippen molar-refractivity contribution >= 4 is 0 Å². The van der Waals surface area contributed by atoms with Crippen molar-refractivity contribution in [3.8, 4) is 11.5 Å². The maximum atomic E-state index is 6.05. The summed E-state index contributed by atoms with van der Waals surface area (Å²) < 4.78 is 16.8. The number of hydrogen-bond donors (Lipinski definition) is 1. The van der Waals surface area contributed by atoms with Gasteiger partial charge in [-0.25, -0.2) is 0 Å². The second-order valence-corrected chi connectivity index (χ2v) is 5.64. The molecule has 0 aliphatic rings. The Morgan fingerprint density at radius 1 is 1.14 bits per heavy atom. The molecule has 1 aromatic carbocycles. The third-order valence-corrected chi connectivity index (χ3v) is 3.76. The Hall–Kier alpha value is -1.26. The number of ether oxygens (including phenoxy) is 3. The number of methoxy groups -OCH3 is 2. The fraction of sp³-hybridized carbons (Fsp3) is 0.647. The van der Waals surface area contributed by atoms with E-state index in [9.17, 15) is 0 Å². The Morgan fingerprint density at radius 2 is 1.86 bits per heavy atom. The molecule has 0 fully saturated rings. The van der Waals surface area contributed by atoms with Gasteiger partial charge in [-0.2, -0.15) is 0 Å². The van der Waals surface area contributed by atoms with Crippen LogP contribution in [-0.2, 0) is 4.74 Å². The Balaban J connectivity index is 2.94. The zero-order chi connectivity index (χ0) is 15.9. The van der Waals surface area contributed by atoms with E-state index in [1.165, 1.54) is 0 Å². The molecule has 0 aliphatic carbocycles. The summed E-state index contributed by atoms with van der Waals surface area (Å²) in [4.78, 5) is 0. The number of nitrogens with one attached hydrogen (secondary N) is 1. The Bertz CT molecular complexity index is 432. The first-order valence-electron chi connectivity index (χ1n) is 7.56.